The number of benzene rings is 2. The van der Waals surface area contributed by atoms with Gasteiger partial charge in [0.05, 0.1) is 11.6 Å². The number of anilines is 1. The fourth-order valence-electron chi connectivity index (χ4n) is 2.19. The third-order valence-electron chi connectivity index (χ3n) is 3.41. The van der Waals surface area contributed by atoms with Crippen LogP contribution < -0.4 is 14.8 Å². The number of fused-ring (bicyclic) bond motifs is 1. The molecule has 0 radical (unpaired) electrons. The van der Waals surface area contributed by atoms with Gasteiger partial charge in [0.25, 0.3) is 5.91 Å². The normalized spacial score (nSPS) is 14.9. The second-order valence-corrected chi connectivity index (χ2v) is 5.21. The summed E-state index contributed by atoms with van der Waals surface area (Å²) in [6, 6.07) is 15.3. The van der Waals surface area contributed by atoms with Crippen LogP contribution in [0.2, 0.25) is 0 Å². The highest BCUT2D eigenvalue weighted by molar-refractivity contribution is 5.93. The van der Waals surface area contributed by atoms with Gasteiger partial charge in [0.1, 0.15) is 6.61 Å². The summed E-state index contributed by atoms with van der Waals surface area (Å²) >= 11 is 0. The Morgan fingerprint density at radius 1 is 1.16 bits per heavy atom. The molecule has 1 aliphatic heterocycles. The van der Waals surface area contributed by atoms with Crippen LogP contribution in [-0.2, 0) is 14.3 Å². The Balaban J connectivity index is 1.49. The van der Waals surface area contributed by atoms with Crippen LogP contribution in [0.1, 0.15) is 5.56 Å². The number of nitrogens with one attached hydrogen (secondary N) is 1. The Kier molecular flexibility index (Phi) is 4.81. The maximum atomic E-state index is 12.0. The molecule has 1 heterocycles. The summed E-state index contributed by atoms with van der Waals surface area (Å²) in [4.78, 5) is 23.8. The maximum Gasteiger partial charge on any atom is 0.351 e. The number of esters is 1. The highest BCUT2D eigenvalue weighted by atomic mass is 16.6. The van der Waals surface area contributed by atoms with Gasteiger partial charge in [-0.15, -0.1) is 0 Å². The van der Waals surface area contributed by atoms with E-state index in [1.54, 1.807) is 48.5 Å². The average molecular weight is 338 g/mol. The minimum Gasteiger partial charge on any atom is -0.485 e. The zero-order valence-corrected chi connectivity index (χ0v) is 13.1. The number of para-hydroxylation sites is 2. The Morgan fingerprint density at radius 3 is 2.60 bits per heavy atom. The molecule has 2 aromatic rings. The van der Waals surface area contributed by atoms with Gasteiger partial charge in [0.15, 0.2) is 18.1 Å². The van der Waals surface area contributed by atoms with Gasteiger partial charge >= 0.3 is 5.97 Å². The molecule has 2 aromatic carbocycles. The van der Waals surface area contributed by atoms with E-state index in [2.05, 4.69) is 5.32 Å². The lowest BCUT2D eigenvalue weighted by Gasteiger charge is -2.24. The smallest absolute Gasteiger partial charge is 0.351 e. The number of nitriles is 1. The van der Waals surface area contributed by atoms with Crippen molar-refractivity contribution in [3.63, 3.8) is 0 Å². The van der Waals surface area contributed by atoms with E-state index in [-0.39, 0.29) is 6.61 Å². The quantitative estimate of drug-likeness (QED) is 0.855. The van der Waals surface area contributed by atoms with E-state index in [9.17, 15) is 9.59 Å². The molecule has 0 saturated heterocycles. The van der Waals surface area contributed by atoms with Crippen molar-refractivity contribution in [2.45, 2.75) is 6.10 Å². The fourth-order valence-corrected chi connectivity index (χ4v) is 2.19. The zero-order valence-electron chi connectivity index (χ0n) is 13.1. The third kappa shape index (κ3) is 4.06. The predicted octanol–water partition coefficient (Wildman–Crippen LogP) is 1.88. The fraction of sp³-hybridized carbons (Fsp3) is 0.167. The number of nitrogens with zero attached hydrogens (tertiary/aromatic N) is 1. The Labute approximate surface area is 143 Å². The highest BCUT2D eigenvalue weighted by Gasteiger charge is 2.29. The first kappa shape index (κ1) is 16.3. The molecule has 1 amide bonds. The van der Waals surface area contributed by atoms with Crippen molar-refractivity contribution in [1.82, 2.24) is 0 Å². The van der Waals surface area contributed by atoms with Crippen LogP contribution >= 0.6 is 0 Å². The van der Waals surface area contributed by atoms with Crippen molar-refractivity contribution in [1.29, 1.82) is 5.26 Å². The molecule has 3 rings (SSSR count). The van der Waals surface area contributed by atoms with E-state index in [0.29, 0.717) is 22.7 Å². The van der Waals surface area contributed by atoms with Crippen molar-refractivity contribution in [2.24, 2.45) is 0 Å². The number of hydrogen-bond donors (Lipinski definition) is 1. The van der Waals surface area contributed by atoms with Crippen molar-refractivity contribution in [2.75, 3.05) is 18.5 Å². The lowest BCUT2D eigenvalue weighted by molar-refractivity contribution is -0.156. The molecule has 0 aromatic heterocycles. The number of carbonyl (C=O) groups excluding carboxylic acids is 2. The SMILES string of the molecule is N#Cc1ccc(NC(=O)COC(=O)C2COc3ccccc3O2)cc1. The van der Waals surface area contributed by atoms with Crippen molar-refractivity contribution < 1.29 is 23.8 Å². The zero-order chi connectivity index (χ0) is 17.6. The molecule has 0 bridgehead atoms. The van der Waals surface area contributed by atoms with Gasteiger partial charge in [-0.25, -0.2) is 4.79 Å². The van der Waals surface area contributed by atoms with Gasteiger partial charge < -0.3 is 19.5 Å². The summed E-state index contributed by atoms with van der Waals surface area (Å²) in [6.45, 7) is -0.423. The second-order valence-electron chi connectivity index (χ2n) is 5.21. The molecule has 1 N–H and O–H groups in total. The Hall–Kier alpha value is -3.53. The first-order chi connectivity index (χ1) is 12.2. The molecule has 126 valence electrons. The van der Waals surface area contributed by atoms with Crippen LogP contribution in [0.15, 0.2) is 48.5 Å². The summed E-state index contributed by atoms with van der Waals surface area (Å²) in [5.74, 6) is -0.150. The van der Waals surface area contributed by atoms with E-state index in [1.165, 1.54) is 0 Å². The number of carbonyl (C=O) groups is 2. The molecule has 0 saturated carbocycles. The molecular formula is C18H14N2O5. The summed E-state index contributed by atoms with van der Waals surface area (Å²) in [5, 5.41) is 11.3. The van der Waals surface area contributed by atoms with Crippen LogP contribution in [0, 0.1) is 11.3 Å². The molecule has 0 fully saturated rings. The van der Waals surface area contributed by atoms with E-state index >= 15 is 0 Å². The standard InChI is InChI=1S/C18H14N2O5/c19-9-12-5-7-13(8-6-12)20-17(21)11-24-18(22)16-10-23-14-3-1-2-4-15(14)25-16/h1-8,16H,10-11H2,(H,20,21). The minimum absolute atomic E-state index is 0.0209. The molecule has 1 unspecified atom stereocenters. The molecule has 7 heteroatoms. The van der Waals surface area contributed by atoms with Crippen LogP contribution in [0.5, 0.6) is 11.5 Å². The first-order valence-electron chi connectivity index (χ1n) is 7.51. The monoisotopic (exact) mass is 338 g/mol. The first-order valence-corrected chi connectivity index (χ1v) is 7.51. The van der Waals surface area contributed by atoms with Gasteiger partial charge in [0.2, 0.25) is 6.10 Å². The second kappa shape index (κ2) is 7.36. The van der Waals surface area contributed by atoms with Crippen LogP contribution in [0.3, 0.4) is 0 Å². The summed E-state index contributed by atoms with van der Waals surface area (Å²) in [5.41, 5.74) is 0.991. The lowest BCUT2D eigenvalue weighted by atomic mass is 10.2. The molecule has 0 spiro atoms. The number of hydrogen-bond acceptors (Lipinski definition) is 6. The molecule has 7 nitrogen and oxygen atoms in total. The summed E-state index contributed by atoms with van der Waals surface area (Å²) in [6.07, 6.45) is -0.919. The largest absolute Gasteiger partial charge is 0.485 e. The Bertz CT molecular complexity index is 826. The molecular weight excluding hydrogens is 324 g/mol. The topological polar surface area (TPSA) is 97.7 Å². The van der Waals surface area contributed by atoms with E-state index in [4.69, 9.17) is 19.5 Å². The number of amides is 1. The van der Waals surface area contributed by atoms with Crippen LogP contribution in [0.25, 0.3) is 0 Å². The van der Waals surface area contributed by atoms with E-state index in [1.807, 2.05) is 6.07 Å². The maximum absolute atomic E-state index is 12.0. The van der Waals surface area contributed by atoms with Gasteiger partial charge in [-0.2, -0.15) is 5.26 Å². The van der Waals surface area contributed by atoms with Crippen molar-refractivity contribution in [3.05, 3.63) is 54.1 Å². The minimum atomic E-state index is -0.919. The molecule has 1 atom stereocenters. The third-order valence-corrected chi connectivity index (χ3v) is 3.41. The van der Waals surface area contributed by atoms with E-state index < -0.39 is 24.6 Å². The summed E-state index contributed by atoms with van der Waals surface area (Å²) < 4.78 is 15.9. The lowest BCUT2D eigenvalue weighted by Crippen LogP contribution is -2.39. The van der Waals surface area contributed by atoms with Crippen molar-refractivity contribution in [3.8, 4) is 17.6 Å². The van der Waals surface area contributed by atoms with Gasteiger partial charge in [-0.05, 0) is 36.4 Å². The molecule has 0 aliphatic carbocycles. The summed E-state index contributed by atoms with van der Waals surface area (Å²) in [7, 11) is 0. The van der Waals surface area contributed by atoms with Crippen LogP contribution in [0.4, 0.5) is 5.69 Å². The Morgan fingerprint density at radius 2 is 1.88 bits per heavy atom. The molecule has 25 heavy (non-hydrogen) atoms. The van der Waals surface area contributed by atoms with Crippen LogP contribution in [-0.4, -0.2) is 31.2 Å². The average Bonchev–Trinajstić information content (AvgIpc) is 2.66. The van der Waals surface area contributed by atoms with Gasteiger partial charge in [-0.1, -0.05) is 12.1 Å². The van der Waals surface area contributed by atoms with E-state index in [0.717, 1.165) is 0 Å². The van der Waals surface area contributed by atoms with Gasteiger partial charge in [0, 0.05) is 5.69 Å². The van der Waals surface area contributed by atoms with Gasteiger partial charge in [-0.3, -0.25) is 4.79 Å². The van der Waals surface area contributed by atoms with Crippen molar-refractivity contribution >= 4 is 17.6 Å². The molecule has 1 aliphatic rings. The predicted molar refractivity (Wildman–Crippen MR) is 87.1 cm³/mol. The number of ether oxygens (including phenoxy) is 3. The highest BCUT2D eigenvalue weighted by Crippen LogP contribution is 2.31. The number of rotatable bonds is 4.